The molecule has 0 aliphatic heterocycles. The van der Waals surface area contributed by atoms with E-state index in [4.69, 9.17) is 4.52 Å². The van der Waals surface area contributed by atoms with Crippen molar-refractivity contribution < 1.29 is 12.9 Å². The van der Waals surface area contributed by atoms with E-state index < -0.39 is 10.0 Å². The Kier molecular flexibility index (Phi) is 5.67. The summed E-state index contributed by atoms with van der Waals surface area (Å²) in [7, 11) is -2.01. The summed E-state index contributed by atoms with van der Waals surface area (Å²) in [6.45, 7) is 6.54. The molecule has 0 saturated carbocycles. The lowest BCUT2D eigenvalue weighted by Gasteiger charge is -2.20. The minimum Gasteiger partial charge on any atom is -0.334 e. The highest BCUT2D eigenvalue weighted by molar-refractivity contribution is 7.89. The topological polar surface area (TPSA) is 76.3 Å². The Labute approximate surface area is 166 Å². The van der Waals surface area contributed by atoms with Gasteiger partial charge in [-0.2, -0.15) is 4.98 Å². The van der Waals surface area contributed by atoms with Gasteiger partial charge in [-0.3, -0.25) is 0 Å². The van der Waals surface area contributed by atoms with Crippen LogP contribution in [-0.4, -0.2) is 36.5 Å². The molecule has 1 aromatic heterocycles. The van der Waals surface area contributed by atoms with Crippen molar-refractivity contribution in [2.75, 3.05) is 13.6 Å². The summed E-state index contributed by atoms with van der Waals surface area (Å²) in [6.07, 6.45) is 0.367. The van der Waals surface area contributed by atoms with Gasteiger partial charge in [-0.25, -0.2) is 12.7 Å². The van der Waals surface area contributed by atoms with E-state index in [1.807, 2.05) is 42.5 Å². The van der Waals surface area contributed by atoms with Crippen LogP contribution in [0.1, 0.15) is 32.2 Å². The standard InChI is InChI=1S/C21H25N3O3S/c1-21(2,3)17-10-12-18(13-11-17)28(25,26)24(4)15-14-19-22-20(27-23-19)16-8-6-5-7-9-16/h5-13H,14-15H2,1-4H3. The van der Waals surface area contributed by atoms with Gasteiger partial charge in [0.25, 0.3) is 5.89 Å². The van der Waals surface area contributed by atoms with Gasteiger partial charge in [0, 0.05) is 25.6 Å². The van der Waals surface area contributed by atoms with Crippen LogP contribution in [0.5, 0.6) is 0 Å². The lowest BCUT2D eigenvalue weighted by molar-refractivity contribution is 0.415. The number of sulfonamides is 1. The number of aromatic nitrogens is 2. The third-order valence-electron chi connectivity index (χ3n) is 4.57. The molecule has 0 saturated heterocycles. The molecular weight excluding hydrogens is 374 g/mol. The van der Waals surface area contributed by atoms with E-state index in [0.717, 1.165) is 11.1 Å². The average molecular weight is 400 g/mol. The highest BCUT2D eigenvalue weighted by Crippen LogP contribution is 2.24. The Morgan fingerprint density at radius 1 is 1.00 bits per heavy atom. The monoisotopic (exact) mass is 399 g/mol. The largest absolute Gasteiger partial charge is 0.334 e. The van der Waals surface area contributed by atoms with Crippen molar-refractivity contribution in [1.82, 2.24) is 14.4 Å². The van der Waals surface area contributed by atoms with Gasteiger partial charge in [-0.05, 0) is 35.2 Å². The molecule has 0 aliphatic carbocycles. The average Bonchev–Trinajstić information content (AvgIpc) is 3.15. The molecule has 7 heteroatoms. The van der Waals surface area contributed by atoms with Crippen LogP contribution in [0, 0.1) is 0 Å². The summed E-state index contributed by atoms with van der Waals surface area (Å²) >= 11 is 0. The summed E-state index contributed by atoms with van der Waals surface area (Å²) < 4.78 is 32.2. The molecule has 0 aliphatic rings. The minimum absolute atomic E-state index is 0.0245. The van der Waals surface area contributed by atoms with Gasteiger partial charge in [-0.15, -0.1) is 0 Å². The summed E-state index contributed by atoms with van der Waals surface area (Å²) in [4.78, 5) is 4.63. The fourth-order valence-corrected chi connectivity index (χ4v) is 3.91. The molecule has 3 aromatic rings. The lowest BCUT2D eigenvalue weighted by Crippen LogP contribution is -2.29. The molecule has 0 unspecified atom stereocenters. The molecule has 148 valence electrons. The van der Waals surface area contributed by atoms with Crippen LogP contribution in [0.15, 0.2) is 64.0 Å². The zero-order valence-corrected chi connectivity index (χ0v) is 17.4. The second-order valence-electron chi connectivity index (χ2n) is 7.73. The first kappa shape index (κ1) is 20.2. The van der Waals surface area contributed by atoms with Gasteiger partial charge in [-0.1, -0.05) is 56.3 Å². The Bertz CT molecular complexity index is 1020. The zero-order valence-electron chi connectivity index (χ0n) is 16.6. The molecule has 0 bridgehead atoms. The number of hydrogen-bond acceptors (Lipinski definition) is 5. The van der Waals surface area contributed by atoms with E-state index >= 15 is 0 Å². The molecule has 2 aromatic carbocycles. The van der Waals surface area contributed by atoms with Crippen molar-refractivity contribution >= 4 is 10.0 Å². The summed E-state index contributed by atoms with van der Waals surface area (Å²) in [5, 5.41) is 3.95. The van der Waals surface area contributed by atoms with Gasteiger partial charge in [0.15, 0.2) is 5.82 Å². The molecule has 1 heterocycles. The fraction of sp³-hybridized carbons (Fsp3) is 0.333. The van der Waals surface area contributed by atoms with E-state index in [1.165, 1.54) is 4.31 Å². The van der Waals surface area contributed by atoms with Gasteiger partial charge < -0.3 is 4.52 Å². The fourth-order valence-electron chi connectivity index (χ4n) is 2.74. The van der Waals surface area contributed by atoms with Crippen molar-refractivity contribution in [2.24, 2.45) is 0 Å². The normalized spacial score (nSPS) is 12.5. The molecular formula is C21H25N3O3S. The van der Waals surface area contributed by atoms with Crippen LogP contribution in [0.2, 0.25) is 0 Å². The molecule has 0 atom stereocenters. The SMILES string of the molecule is CN(CCc1noc(-c2ccccc2)n1)S(=O)(=O)c1ccc(C(C)(C)C)cc1. The first-order chi connectivity index (χ1) is 13.2. The molecule has 0 radical (unpaired) electrons. The highest BCUT2D eigenvalue weighted by Gasteiger charge is 2.22. The molecule has 0 amide bonds. The van der Waals surface area contributed by atoms with Crippen molar-refractivity contribution in [3.63, 3.8) is 0 Å². The van der Waals surface area contributed by atoms with Gasteiger partial charge in [0.1, 0.15) is 0 Å². The summed E-state index contributed by atoms with van der Waals surface area (Å²) in [6, 6.07) is 16.5. The maximum atomic E-state index is 12.8. The first-order valence-corrected chi connectivity index (χ1v) is 10.6. The van der Waals surface area contributed by atoms with E-state index in [0.29, 0.717) is 18.1 Å². The van der Waals surface area contributed by atoms with Crippen molar-refractivity contribution in [3.05, 3.63) is 66.0 Å². The van der Waals surface area contributed by atoms with Gasteiger partial charge in [0.2, 0.25) is 10.0 Å². The third kappa shape index (κ3) is 4.48. The predicted octanol–water partition coefficient (Wildman–Crippen LogP) is 3.90. The van der Waals surface area contributed by atoms with Crippen molar-refractivity contribution in [1.29, 1.82) is 0 Å². The Morgan fingerprint density at radius 3 is 2.25 bits per heavy atom. The van der Waals surface area contributed by atoms with E-state index in [-0.39, 0.29) is 16.9 Å². The number of benzene rings is 2. The number of nitrogens with zero attached hydrogens (tertiary/aromatic N) is 3. The Balaban J connectivity index is 1.67. The van der Waals surface area contributed by atoms with Crippen LogP contribution in [0.4, 0.5) is 0 Å². The molecule has 28 heavy (non-hydrogen) atoms. The van der Waals surface area contributed by atoms with E-state index in [9.17, 15) is 8.42 Å². The van der Waals surface area contributed by atoms with Crippen molar-refractivity contribution in [3.8, 4) is 11.5 Å². The maximum absolute atomic E-state index is 12.8. The van der Waals surface area contributed by atoms with Crippen molar-refractivity contribution in [2.45, 2.75) is 37.5 Å². The number of rotatable bonds is 6. The minimum atomic E-state index is -3.57. The van der Waals surface area contributed by atoms with Gasteiger partial charge in [0.05, 0.1) is 4.90 Å². The molecule has 0 N–H and O–H groups in total. The summed E-state index contributed by atoms with van der Waals surface area (Å²) in [5.41, 5.74) is 1.90. The molecule has 0 spiro atoms. The molecule has 0 fully saturated rings. The lowest BCUT2D eigenvalue weighted by atomic mass is 9.87. The quantitative estimate of drug-likeness (QED) is 0.628. The number of likely N-dealkylation sites (N-methyl/N-ethyl adjacent to an activating group) is 1. The summed E-state index contributed by atoms with van der Waals surface area (Å²) in [5.74, 6) is 0.905. The van der Waals surface area contributed by atoms with Crippen LogP contribution in [-0.2, 0) is 21.9 Å². The van der Waals surface area contributed by atoms with Crippen LogP contribution in [0.3, 0.4) is 0 Å². The highest BCUT2D eigenvalue weighted by atomic mass is 32.2. The smallest absolute Gasteiger partial charge is 0.257 e. The zero-order chi connectivity index (χ0) is 20.4. The van der Waals surface area contributed by atoms with Crippen LogP contribution >= 0.6 is 0 Å². The third-order valence-corrected chi connectivity index (χ3v) is 6.44. The maximum Gasteiger partial charge on any atom is 0.257 e. The van der Waals surface area contributed by atoms with E-state index in [1.54, 1.807) is 19.2 Å². The van der Waals surface area contributed by atoms with Gasteiger partial charge >= 0.3 is 0 Å². The Morgan fingerprint density at radius 2 is 1.64 bits per heavy atom. The molecule has 6 nitrogen and oxygen atoms in total. The van der Waals surface area contributed by atoms with Crippen LogP contribution < -0.4 is 0 Å². The molecule has 3 rings (SSSR count). The van der Waals surface area contributed by atoms with E-state index in [2.05, 4.69) is 30.9 Å². The van der Waals surface area contributed by atoms with Crippen LogP contribution in [0.25, 0.3) is 11.5 Å². The first-order valence-electron chi connectivity index (χ1n) is 9.13. The second-order valence-corrected chi connectivity index (χ2v) is 9.78. The Hall–Kier alpha value is -2.51. The number of hydrogen-bond donors (Lipinski definition) is 0. The predicted molar refractivity (Wildman–Crippen MR) is 108 cm³/mol. The second kappa shape index (κ2) is 7.85.